The van der Waals surface area contributed by atoms with Gasteiger partial charge in [-0.05, 0) is 66.3 Å². The van der Waals surface area contributed by atoms with Gasteiger partial charge in [0.05, 0.1) is 24.0 Å². The third kappa shape index (κ3) is 3.08. The van der Waals surface area contributed by atoms with Gasteiger partial charge in [0.2, 0.25) is 0 Å². The Morgan fingerprint density at radius 1 is 1.42 bits per heavy atom. The number of fused-ring (bicyclic) bond motifs is 1. The van der Waals surface area contributed by atoms with Crippen molar-refractivity contribution in [1.82, 2.24) is 9.38 Å². The molecule has 0 radical (unpaired) electrons. The third-order valence-electron chi connectivity index (χ3n) is 3.58. The van der Waals surface area contributed by atoms with Gasteiger partial charge >= 0.3 is 5.97 Å². The number of hydrogen-bond donors (Lipinski definition) is 1. The zero-order valence-corrected chi connectivity index (χ0v) is 15.3. The number of anilines is 2. The normalized spacial score (nSPS) is 10.8. The van der Waals surface area contributed by atoms with Crippen LogP contribution in [0.3, 0.4) is 0 Å². The van der Waals surface area contributed by atoms with Gasteiger partial charge in [-0.1, -0.05) is 0 Å². The highest BCUT2D eigenvalue weighted by atomic mass is 127. The summed E-state index contributed by atoms with van der Waals surface area (Å²) in [5, 5.41) is 3.01. The zero-order valence-electron chi connectivity index (χ0n) is 13.1. The van der Waals surface area contributed by atoms with E-state index in [0.29, 0.717) is 11.4 Å². The molecule has 0 saturated carbocycles. The first kappa shape index (κ1) is 16.7. The van der Waals surface area contributed by atoms with Gasteiger partial charge in [-0.2, -0.15) is 0 Å². The lowest BCUT2D eigenvalue weighted by Gasteiger charge is -2.16. The molecule has 2 aromatic heterocycles. The Morgan fingerprint density at radius 3 is 2.92 bits per heavy atom. The molecular weight excluding hydrogens is 424 g/mol. The number of esters is 1. The predicted molar refractivity (Wildman–Crippen MR) is 98.3 cm³/mol. The van der Waals surface area contributed by atoms with Gasteiger partial charge in [-0.3, -0.25) is 4.40 Å². The largest absolute Gasteiger partial charge is 0.462 e. The van der Waals surface area contributed by atoms with Gasteiger partial charge in [0.15, 0.2) is 0 Å². The predicted octanol–water partition coefficient (Wildman–Crippen LogP) is 4.31. The molecule has 0 aliphatic rings. The highest BCUT2D eigenvalue weighted by Crippen LogP contribution is 2.28. The van der Waals surface area contributed by atoms with Crippen LogP contribution < -0.4 is 5.32 Å². The lowest BCUT2D eigenvalue weighted by atomic mass is 10.1. The van der Waals surface area contributed by atoms with Crippen molar-refractivity contribution in [3.8, 4) is 0 Å². The van der Waals surface area contributed by atoms with E-state index in [1.54, 1.807) is 42.0 Å². The average Bonchev–Trinajstić information content (AvgIpc) is 3.02. The minimum absolute atomic E-state index is 0.261. The molecule has 24 heavy (non-hydrogen) atoms. The fourth-order valence-corrected chi connectivity index (χ4v) is 2.92. The summed E-state index contributed by atoms with van der Waals surface area (Å²) in [5.41, 5.74) is 2.32. The Hall–Kier alpha value is -2.16. The Kier molecular flexibility index (Phi) is 4.70. The number of nitrogens with zero attached hydrogens (tertiary/aromatic N) is 2. The second kappa shape index (κ2) is 6.76. The lowest BCUT2D eigenvalue weighted by molar-refractivity contribution is 0.0527. The van der Waals surface area contributed by atoms with Crippen LogP contribution in [0.1, 0.15) is 22.8 Å². The number of carbonyl (C=O) groups is 1. The van der Waals surface area contributed by atoms with Crippen molar-refractivity contribution in [1.29, 1.82) is 0 Å². The number of aryl methyl sites for hydroxylation is 1. The molecule has 3 rings (SSSR count). The summed E-state index contributed by atoms with van der Waals surface area (Å²) in [4.78, 5) is 16.4. The topological polar surface area (TPSA) is 55.6 Å². The molecule has 3 aromatic rings. The van der Waals surface area contributed by atoms with Crippen LogP contribution in [0.2, 0.25) is 0 Å². The maximum Gasteiger partial charge on any atom is 0.341 e. The highest BCUT2D eigenvalue weighted by Gasteiger charge is 2.19. The van der Waals surface area contributed by atoms with E-state index in [1.807, 2.05) is 29.5 Å². The van der Waals surface area contributed by atoms with Crippen molar-refractivity contribution in [3.05, 3.63) is 57.3 Å². The minimum atomic E-state index is -0.468. The van der Waals surface area contributed by atoms with E-state index in [2.05, 4.69) is 10.3 Å². The molecule has 124 valence electrons. The van der Waals surface area contributed by atoms with Crippen LogP contribution in [0.5, 0.6) is 0 Å². The van der Waals surface area contributed by atoms with E-state index in [1.165, 1.54) is 6.07 Å². The van der Waals surface area contributed by atoms with E-state index < -0.39 is 11.8 Å². The SMILES string of the molecule is CCOC(=O)c1cc(C)c2cncn2c1Nc1ccc(I)cc1F. The van der Waals surface area contributed by atoms with E-state index >= 15 is 0 Å². The van der Waals surface area contributed by atoms with Crippen molar-refractivity contribution in [3.63, 3.8) is 0 Å². The summed E-state index contributed by atoms with van der Waals surface area (Å²) in [7, 11) is 0. The minimum Gasteiger partial charge on any atom is -0.462 e. The molecule has 0 atom stereocenters. The number of rotatable bonds is 4. The number of nitrogens with one attached hydrogen (secondary N) is 1. The number of hydrogen-bond acceptors (Lipinski definition) is 4. The molecule has 0 saturated heterocycles. The second-order valence-electron chi connectivity index (χ2n) is 5.21. The highest BCUT2D eigenvalue weighted by molar-refractivity contribution is 14.1. The number of imidazole rings is 1. The number of halogens is 2. The van der Waals surface area contributed by atoms with Crippen molar-refractivity contribution < 1.29 is 13.9 Å². The number of ether oxygens (including phenoxy) is 1. The Balaban J connectivity index is 2.16. The van der Waals surface area contributed by atoms with Crippen LogP contribution in [0.4, 0.5) is 15.9 Å². The van der Waals surface area contributed by atoms with E-state index in [-0.39, 0.29) is 12.3 Å². The quantitative estimate of drug-likeness (QED) is 0.487. The number of carbonyl (C=O) groups excluding carboxylic acids is 1. The monoisotopic (exact) mass is 439 g/mol. The molecule has 0 amide bonds. The van der Waals surface area contributed by atoms with E-state index in [4.69, 9.17) is 4.74 Å². The molecule has 0 spiro atoms. The van der Waals surface area contributed by atoms with E-state index in [0.717, 1.165) is 14.7 Å². The summed E-state index contributed by atoms with van der Waals surface area (Å²) in [6.07, 6.45) is 3.28. The molecule has 0 aliphatic carbocycles. The third-order valence-corrected chi connectivity index (χ3v) is 4.25. The fourth-order valence-electron chi connectivity index (χ4n) is 2.46. The Morgan fingerprint density at radius 2 is 2.21 bits per heavy atom. The van der Waals surface area contributed by atoms with Gasteiger partial charge in [-0.25, -0.2) is 14.2 Å². The van der Waals surface area contributed by atoms with E-state index in [9.17, 15) is 9.18 Å². The van der Waals surface area contributed by atoms with Crippen LogP contribution in [0.15, 0.2) is 36.8 Å². The molecule has 2 heterocycles. The molecule has 1 aromatic carbocycles. The number of benzene rings is 1. The van der Waals surface area contributed by atoms with Gasteiger partial charge in [0, 0.05) is 3.57 Å². The zero-order chi connectivity index (χ0) is 17.3. The summed E-state index contributed by atoms with van der Waals surface area (Å²) < 4.78 is 21.9. The number of aromatic nitrogens is 2. The Bertz CT molecular complexity index is 924. The number of pyridine rings is 1. The molecule has 0 aliphatic heterocycles. The van der Waals surface area contributed by atoms with Crippen LogP contribution in [-0.2, 0) is 4.74 Å². The maximum absolute atomic E-state index is 14.2. The van der Waals surface area contributed by atoms with Crippen molar-refractivity contribution in [2.45, 2.75) is 13.8 Å². The summed E-state index contributed by atoms with van der Waals surface area (Å²) in [6.45, 7) is 3.89. The first-order chi connectivity index (χ1) is 11.5. The average molecular weight is 439 g/mol. The lowest BCUT2D eigenvalue weighted by Crippen LogP contribution is -2.12. The molecular formula is C17H15FIN3O2. The molecule has 0 fully saturated rings. The summed E-state index contributed by atoms with van der Waals surface area (Å²) in [6, 6.07) is 6.57. The van der Waals surface area contributed by atoms with Crippen LogP contribution in [0.25, 0.3) is 5.52 Å². The molecule has 0 bridgehead atoms. The van der Waals surface area contributed by atoms with Gasteiger partial charge in [-0.15, -0.1) is 0 Å². The molecule has 5 nitrogen and oxygen atoms in total. The maximum atomic E-state index is 14.2. The second-order valence-corrected chi connectivity index (χ2v) is 6.45. The van der Waals surface area contributed by atoms with Crippen LogP contribution >= 0.6 is 22.6 Å². The van der Waals surface area contributed by atoms with Gasteiger partial charge in [0.25, 0.3) is 0 Å². The van der Waals surface area contributed by atoms with Crippen LogP contribution in [0, 0.1) is 16.3 Å². The standard InChI is InChI=1S/C17H15FIN3O2/c1-3-24-17(23)12-6-10(2)15-8-20-9-22(15)16(12)21-14-5-4-11(19)7-13(14)18/h4-9,21H,3H2,1-2H3. The summed E-state index contributed by atoms with van der Waals surface area (Å²) in [5.74, 6) is -0.443. The smallest absolute Gasteiger partial charge is 0.341 e. The van der Waals surface area contributed by atoms with Crippen LogP contribution in [-0.4, -0.2) is 22.0 Å². The molecule has 0 unspecified atom stereocenters. The first-order valence-electron chi connectivity index (χ1n) is 7.36. The molecule has 1 N–H and O–H groups in total. The first-order valence-corrected chi connectivity index (χ1v) is 8.44. The van der Waals surface area contributed by atoms with Gasteiger partial charge < -0.3 is 10.1 Å². The fraction of sp³-hybridized carbons (Fsp3) is 0.176. The van der Waals surface area contributed by atoms with Gasteiger partial charge in [0.1, 0.15) is 23.5 Å². The summed E-state index contributed by atoms with van der Waals surface area (Å²) >= 11 is 2.04. The molecule has 7 heteroatoms. The van der Waals surface area contributed by atoms with Crippen molar-refractivity contribution in [2.24, 2.45) is 0 Å². The van der Waals surface area contributed by atoms with Crippen molar-refractivity contribution in [2.75, 3.05) is 11.9 Å². The Labute approximate surface area is 152 Å². The van der Waals surface area contributed by atoms with Crippen molar-refractivity contribution >= 4 is 45.6 Å².